The predicted molar refractivity (Wildman–Crippen MR) is 83.3 cm³/mol. The molecule has 1 aromatic carbocycles. The van der Waals surface area contributed by atoms with Gasteiger partial charge in [-0.1, -0.05) is 12.1 Å². The summed E-state index contributed by atoms with van der Waals surface area (Å²) in [6.45, 7) is 0.829. The number of aliphatic carboxylic acids is 1. The standard InChI is InChI=1S/C16H15NO4S/c18-14(19)6-3-7-17-16(20)13-8-10-9-21-12-5-2-1-4-11(12)15(10)22-13/h1-2,4-5,8H,3,6-7,9H2,(H,17,20)(H,18,19). The number of para-hydroxylation sites is 1. The Kier molecular flexibility index (Phi) is 4.11. The summed E-state index contributed by atoms with van der Waals surface area (Å²) in [5.41, 5.74) is 2.03. The van der Waals surface area contributed by atoms with Gasteiger partial charge < -0.3 is 15.2 Å². The van der Waals surface area contributed by atoms with E-state index in [2.05, 4.69) is 5.32 Å². The second kappa shape index (κ2) is 6.19. The lowest BCUT2D eigenvalue weighted by Crippen LogP contribution is -2.24. The molecule has 22 heavy (non-hydrogen) atoms. The molecule has 2 N–H and O–H groups in total. The van der Waals surface area contributed by atoms with Crippen LogP contribution in [0.15, 0.2) is 30.3 Å². The van der Waals surface area contributed by atoms with E-state index in [1.165, 1.54) is 11.3 Å². The van der Waals surface area contributed by atoms with Crippen LogP contribution in [-0.2, 0) is 11.4 Å². The van der Waals surface area contributed by atoms with Crippen LogP contribution in [0.1, 0.15) is 28.1 Å². The van der Waals surface area contributed by atoms with Crippen molar-refractivity contribution in [2.45, 2.75) is 19.4 Å². The lowest BCUT2D eigenvalue weighted by atomic mass is 10.1. The number of hydrogen-bond acceptors (Lipinski definition) is 4. The van der Waals surface area contributed by atoms with Crippen molar-refractivity contribution in [3.8, 4) is 16.2 Å². The summed E-state index contributed by atoms with van der Waals surface area (Å²) < 4.78 is 5.68. The number of ether oxygens (including phenoxy) is 1. The summed E-state index contributed by atoms with van der Waals surface area (Å²) in [4.78, 5) is 24.3. The molecule has 0 aliphatic carbocycles. The summed E-state index contributed by atoms with van der Waals surface area (Å²) in [5, 5.41) is 11.3. The van der Waals surface area contributed by atoms with Crippen LogP contribution >= 0.6 is 11.3 Å². The van der Waals surface area contributed by atoms with Crippen LogP contribution in [0.4, 0.5) is 0 Å². The molecule has 0 spiro atoms. The molecule has 0 saturated carbocycles. The average molecular weight is 317 g/mol. The Balaban J connectivity index is 1.71. The fourth-order valence-corrected chi connectivity index (χ4v) is 3.45. The molecular weight excluding hydrogens is 302 g/mol. The molecule has 1 amide bonds. The van der Waals surface area contributed by atoms with Gasteiger partial charge in [-0.2, -0.15) is 0 Å². The van der Waals surface area contributed by atoms with Gasteiger partial charge in [-0.25, -0.2) is 0 Å². The van der Waals surface area contributed by atoms with E-state index in [1.54, 1.807) is 0 Å². The van der Waals surface area contributed by atoms with Crippen LogP contribution in [0.3, 0.4) is 0 Å². The molecule has 0 saturated heterocycles. The molecular formula is C16H15NO4S. The highest BCUT2D eigenvalue weighted by Crippen LogP contribution is 2.42. The van der Waals surface area contributed by atoms with E-state index in [1.807, 2.05) is 30.3 Å². The minimum Gasteiger partial charge on any atom is -0.488 e. The summed E-state index contributed by atoms with van der Waals surface area (Å²) in [6, 6.07) is 9.63. The molecule has 5 nitrogen and oxygen atoms in total. The van der Waals surface area contributed by atoms with Gasteiger partial charge >= 0.3 is 5.97 Å². The van der Waals surface area contributed by atoms with Crippen molar-refractivity contribution in [2.24, 2.45) is 0 Å². The van der Waals surface area contributed by atoms with E-state index < -0.39 is 5.97 Å². The number of thiophene rings is 1. The highest BCUT2D eigenvalue weighted by atomic mass is 32.1. The molecule has 2 aromatic rings. The molecule has 2 heterocycles. The predicted octanol–water partition coefficient (Wildman–Crippen LogP) is 2.90. The van der Waals surface area contributed by atoms with Crippen LogP contribution in [0.25, 0.3) is 10.4 Å². The smallest absolute Gasteiger partial charge is 0.303 e. The van der Waals surface area contributed by atoms with Crippen molar-refractivity contribution in [1.29, 1.82) is 0 Å². The van der Waals surface area contributed by atoms with Crippen molar-refractivity contribution in [1.82, 2.24) is 5.32 Å². The normalized spacial score (nSPS) is 12.0. The summed E-state index contributed by atoms with van der Waals surface area (Å²) in [6.07, 6.45) is 0.487. The third-order valence-electron chi connectivity index (χ3n) is 3.40. The number of amides is 1. The third-order valence-corrected chi connectivity index (χ3v) is 4.61. The first-order chi connectivity index (χ1) is 10.6. The average Bonchev–Trinajstić information content (AvgIpc) is 2.96. The molecule has 6 heteroatoms. The first kappa shape index (κ1) is 14.6. The Hall–Kier alpha value is -2.34. The summed E-state index contributed by atoms with van der Waals surface area (Å²) in [5.74, 6) is -0.179. The molecule has 3 rings (SSSR count). The third kappa shape index (κ3) is 2.96. The number of carboxylic acid groups (broad SMARTS) is 1. The van der Waals surface area contributed by atoms with Crippen molar-refractivity contribution in [3.05, 3.63) is 40.8 Å². The first-order valence-corrected chi connectivity index (χ1v) is 7.81. The second-order valence-corrected chi connectivity index (χ2v) is 6.06. The number of benzene rings is 1. The monoisotopic (exact) mass is 317 g/mol. The van der Waals surface area contributed by atoms with Crippen molar-refractivity contribution >= 4 is 23.2 Å². The van der Waals surface area contributed by atoms with E-state index >= 15 is 0 Å². The molecule has 1 aliphatic heterocycles. The van der Waals surface area contributed by atoms with Crippen LogP contribution in [-0.4, -0.2) is 23.5 Å². The lowest BCUT2D eigenvalue weighted by Gasteiger charge is -2.16. The quantitative estimate of drug-likeness (QED) is 0.831. The number of nitrogens with one attached hydrogen (secondary N) is 1. The highest BCUT2D eigenvalue weighted by molar-refractivity contribution is 7.17. The second-order valence-electron chi connectivity index (χ2n) is 5.00. The number of carboxylic acids is 1. The molecule has 0 unspecified atom stereocenters. The first-order valence-electron chi connectivity index (χ1n) is 7.00. The van der Waals surface area contributed by atoms with E-state index in [0.29, 0.717) is 24.4 Å². The molecule has 1 aromatic heterocycles. The number of rotatable bonds is 5. The number of carbonyl (C=O) groups excluding carboxylic acids is 1. The van der Waals surface area contributed by atoms with Crippen LogP contribution in [0.2, 0.25) is 0 Å². The zero-order valence-corrected chi connectivity index (χ0v) is 12.6. The zero-order valence-electron chi connectivity index (χ0n) is 11.8. The molecule has 114 valence electrons. The van der Waals surface area contributed by atoms with Crippen LogP contribution in [0.5, 0.6) is 5.75 Å². The number of carbonyl (C=O) groups is 2. The Morgan fingerprint density at radius 3 is 2.95 bits per heavy atom. The maximum atomic E-state index is 12.1. The number of fused-ring (bicyclic) bond motifs is 3. The molecule has 0 radical (unpaired) electrons. The van der Waals surface area contributed by atoms with Gasteiger partial charge in [0.05, 0.1) is 4.88 Å². The Bertz CT molecular complexity index is 723. The molecule has 0 fully saturated rings. The maximum Gasteiger partial charge on any atom is 0.303 e. The van der Waals surface area contributed by atoms with Crippen molar-refractivity contribution in [2.75, 3.05) is 6.54 Å². The zero-order chi connectivity index (χ0) is 15.5. The number of hydrogen-bond donors (Lipinski definition) is 2. The molecule has 0 atom stereocenters. The minimum absolute atomic E-state index is 0.0580. The van der Waals surface area contributed by atoms with Gasteiger partial charge in [0.25, 0.3) is 5.91 Å². The summed E-state index contributed by atoms with van der Waals surface area (Å²) in [7, 11) is 0. The Labute approximate surface area is 131 Å². The van der Waals surface area contributed by atoms with Crippen LogP contribution in [0, 0.1) is 0 Å². The van der Waals surface area contributed by atoms with E-state index in [4.69, 9.17) is 9.84 Å². The van der Waals surface area contributed by atoms with Gasteiger partial charge in [0.15, 0.2) is 0 Å². The van der Waals surface area contributed by atoms with Gasteiger partial charge in [-0.05, 0) is 24.6 Å². The summed E-state index contributed by atoms with van der Waals surface area (Å²) >= 11 is 1.44. The highest BCUT2D eigenvalue weighted by Gasteiger charge is 2.22. The van der Waals surface area contributed by atoms with E-state index in [-0.39, 0.29) is 12.3 Å². The Morgan fingerprint density at radius 2 is 2.14 bits per heavy atom. The van der Waals surface area contributed by atoms with Gasteiger partial charge in [0.2, 0.25) is 0 Å². The van der Waals surface area contributed by atoms with Gasteiger partial charge in [-0.3, -0.25) is 9.59 Å². The van der Waals surface area contributed by atoms with Gasteiger partial charge in [0.1, 0.15) is 12.4 Å². The topological polar surface area (TPSA) is 75.6 Å². The van der Waals surface area contributed by atoms with Gasteiger partial charge in [0, 0.05) is 29.0 Å². The fraction of sp³-hybridized carbons (Fsp3) is 0.250. The van der Waals surface area contributed by atoms with Gasteiger partial charge in [-0.15, -0.1) is 11.3 Å². The molecule has 0 bridgehead atoms. The Morgan fingerprint density at radius 1 is 1.32 bits per heavy atom. The maximum absolute atomic E-state index is 12.1. The minimum atomic E-state index is -0.852. The van der Waals surface area contributed by atoms with Crippen molar-refractivity contribution < 1.29 is 19.4 Å². The lowest BCUT2D eigenvalue weighted by molar-refractivity contribution is -0.137. The molecule has 1 aliphatic rings. The van der Waals surface area contributed by atoms with E-state index in [9.17, 15) is 9.59 Å². The fourth-order valence-electron chi connectivity index (χ4n) is 2.34. The van der Waals surface area contributed by atoms with Crippen LogP contribution < -0.4 is 10.1 Å². The van der Waals surface area contributed by atoms with Crippen molar-refractivity contribution in [3.63, 3.8) is 0 Å². The SMILES string of the molecule is O=C(O)CCCNC(=O)c1cc2c(s1)-c1ccccc1OC2. The van der Waals surface area contributed by atoms with E-state index in [0.717, 1.165) is 21.8 Å². The largest absolute Gasteiger partial charge is 0.488 e.